The molecule has 0 atom stereocenters. The summed E-state index contributed by atoms with van der Waals surface area (Å²) in [5.41, 5.74) is 7.74. The van der Waals surface area contributed by atoms with Gasteiger partial charge < -0.3 is 25.0 Å². The number of aromatic hydroxyl groups is 3. The SMILES string of the molecule is Cc1ccc(O)c(Oc2cccc(N(c3c(C)ccc(O)c3C)c3c(C)ccc(O)c3C)c2)c1C. The number of ether oxygens (including phenoxy) is 1. The molecule has 4 aromatic rings. The van der Waals surface area contributed by atoms with Crippen molar-refractivity contribution in [2.45, 2.75) is 41.5 Å². The van der Waals surface area contributed by atoms with Crippen LogP contribution in [0.4, 0.5) is 17.1 Å². The third-order valence-electron chi connectivity index (χ3n) is 6.61. The number of phenols is 3. The van der Waals surface area contributed by atoms with Crippen LogP contribution in [0, 0.1) is 41.5 Å². The van der Waals surface area contributed by atoms with Crippen molar-refractivity contribution >= 4 is 17.1 Å². The predicted molar refractivity (Wildman–Crippen MR) is 141 cm³/mol. The molecule has 0 heterocycles. The zero-order valence-corrected chi connectivity index (χ0v) is 21.0. The van der Waals surface area contributed by atoms with Crippen molar-refractivity contribution in [2.75, 3.05) is 4.90 Å². The van der Waals surface area contributed by atoms with Crippen molar-refractivity contribution in [1.29, 1.82) is 0 Å². The fourth-order valence-corrected chi connectivity index (χ4v) is 4.42. The van der Waals surface area contributed by atoms with E-state index in [2.05, 4.69) is 0 Å². The van der Waals surface area contributed by atoms with Crippen LogP contribution in [0.1, 0.15) is 33.4 Å². The summed E-state index contributed by atoms with van der Waals surface area (Å²) in [5.74, 6) is 1.44. The van der Waals surface area contributed by atoms with Gasteiger partial charge in [0.1, 0.15) is 17.2 Å². The molecule has 5 heteroatoms. The number of phenolic OH excluding ortho intramolecular Hbond substituents is 3. The molecule has 0 spiro atoms. The Bertz CT molecular complexity index is 1370. The van der Waals surface area contributed by atoms with Crippen LogP contribution in [0.5, 0.6) is 28.7 Å². The van der Waals surface area contributed by atoms with Gasteiger partial charge in [-0.3, -0.25) is 0 Å². The number of rotatable bonds is 5. The highest BCUT2D eigenvalue weighted by molar-refractivity contribution is 5.85. The number of nitrogens with zero attached hydrogens (tertiary/aromatic N) is 1. The maximum absolute atomic E-state index is 10.6. The van der Waals surface area contributed by atoms with E-state index in [1.165, 1.54) is 0 Å². The molecule has 0 aliphatic carbocycles. The smallest absolute Gasteiger partial charge is 0.172 e. The molecule has 180 valence electrons. The predicted octanol–water partition coefficient (Wildman–Crippen LogP) is 7.92. The minimum atomic E-state index is 0.0784. The molecule has 0 aliphatic heterocycles. The van der Waals surface area contributed by atoms with E-state index in [1.54, 1.807) is 18.2 Å². The standard InChI is InChI=1S/C30H31NO4/c1-17-10-15-27(34)30(20(17)4)35-24-9-7-8-23(16-24)31(28-18(2)11-13-25(32)21(28)5)29-19(3)12-14-26(33)22(29)6/h7-16,32-34H,1-6H3. The first-order valence-corrected chi connectivity index (χ1v) is 11.6. The Morgan fingerprint density at radius 3 is 1.66 bits per heavy atom. The van der Waals surface area contributed by atoms with E-state index in [1.807, 2.05) is 88.9 Å². The van der Waals surface area contributed by atoms with E-state index in [4.69, 9.17) is 4.74 Å². The molecule has 35 heavy (non-hydrogen) atoms. The third kappa shape index (κ3) is 4.37. The fourth-order valence-electron chi connectivity index (χ4n) is 4.42. The Balaban J connectivity index is 1.94. The van der Waals surface area contributed by atoms with Crippen molar-refractivity contribution < 1.29 is 20.1 Å². The summed E-state index contributed by atoms with van der Waals surface area (Å²) in [6.07, 6.45) is 0. The molecular formula is C30H31NO4. The van der Waals surface area contributed by atoms with E-state index in [0.29, 0.717) is 11.5 Å². The molecule has 0 saturated carbocycles. The van der Waals surface area contributed by atoms with Crippen LogP contribution >= 0.6 is 0 Å². The van der Waals surface area contributed by atoms with E-state index < -0.39 is 0 Å². The van der Waals surface area contributed by atoms with Gasteiger partial charge in [-0.25, -0.2) is 0 Å². The van der Waals surface area contributed by atoms with E-state index >= 15 is 0 Å². The number of hydrogen-bond acceptors (Lipinski definition) is 5. The molecule has 3 N–H and O–H groups in total. The van der Waals surface area contributed by atoms with Crippen LogP contribution in [0.15, 0.2) is 60.7 Å². The summed E-state index contributed by atoms with van der Waals surface area (Å²) in [6.45, 7) is 11.6. The van der Waals surface area contributed by atoms with E-state index in [-0.39, 0.29) is 17.2 Å². The van der Waals surface area contributed by atoms with Gasteiger partial charge in [0.2, 0.25) is 0 Å². The summed E-state index contributed by atoms with van der Waals surface area (Å²) in [7, 11) is 0. The highest BCUT2D eigenvalue weighted by atomic mass is 16.5. The van der Waals surface area contributed by atoms with Crippen LogP contribution in [-0.2, 0) is 0 Å². The highest BCUT2D eigenvalue weighted by Crippen LogP contribution is 2.46. The summed E-state index contributed by atoms with van der Waals surface area (Å²) in [6, 6.07) is 18.2. The summed E-state index contributed by atoms with van der Waals surface area (Å²) < 4.78 is 6.18. The van der Waals surface area contributed by atoms with Gasteiger partial charge in [-0.2, -0.15) is 0 Å². The van der Waals surface area contributed by atoms with Gasteiger partial charge >= 0.3 is 0 Å². The van der Waals surface area contributed by atoms with E-state index in [0.717, 1.165) is 50.4 Å². The minimum Gasteiger partial charge on any atom is -0.508 e. The van der Waals surface area contributed by atoms with Crippen molar-refractivity contribution in [2.24, 2.45) is 0 Å². The topological polar surface area (TPSA) is 73.2 Å². The monoisotopic (exact) mass is 469 g/mol. The second-order valence-corrected chi connectivity index (χ2v) is 9.04. The molecule has 0 amide bonds. The average molecular weight is 470 g/mol. The second kappa shape index (κ2) is 9.26. The molecule has 0 radical (unpaired) electrons. The van der Waals surface area contributed by atoms with Gasteiger partial charge in [-0.05, 0) is 94.1 Å². The van der Waals surface area contributed by atoms with Crippen molar-refractivity contribution in [1.82, 2.24) is 0 Å². The molecular weight excluding hydrogens is 438 g/mol. The number of anilines is 3. The van der Waals surface area contributed by atoms with Crippen LogP contribution in [0.2, 0.25) is 0 Å². The summed E-state index contributed by atoms with van der Waals surface area (Å²) in [4.78, 5) is 2.05. The van der Waals surface area contributed by atoms with Crippen molar-refractivity contribution in [3.63, 3.8) is 0 Å². The Morgan fingerprint density at radius 1 is 0.571 bits per heavy atom. The maximum Gasteiger partial charge on any atom is 0.172 e. The Kier molecular flexibility index (Phi) is 6.35. The van der Waals surface area contributed by atoms with Gasteiger partial charge in [0.15, 0.2) is 11.5 Å². The Morgan fingerprint density at radius 2 is 1.09 bits per heavy atom. The zero-order chi connectivity index (χ0) is 25.4. The Labute approximate surface area is 206 Å². The normalized spacial score (nSPS) is 10.9. The number of benzene rings is 4. The maximum atomic E-state index is 10.6. The molecule has 0 fully saturated rings. The quantitative estimate of drug-likeness (QED) is 0.277. The Hall–Kier alpha value is -4.12. The van der Waals surface area contributed by atoms with Crippen LogP contribution in [0.3, 0.4) is 0 Å². The molecule has 4 rings (SSSR count). The molecule has 0 aromatic heterocycles. The molecule has 4 aromatic carbocycles. The molecule has 5 nitrogen and oxygen atoms in total. The first-order valence-electron chi connectivity index (χ1n) is 11.6. The zero-order valence-electron chi connectivity index (χ0n) is 21.0. The van der Waals surface area contributed by atoms with Crippen molar-refractivity contribution in [3.05, 3.63) is 94.0 Å². The number of hydrogen-bond donors (Lipinski definition) is 3. The molecule has 0 saturated heterocycles. The molecule has 0 bridgehead atoms. The lowest BCUT2D eigenvalue weighted by Gasteiger charge is -2.32. The minimum absolute atomic E-state index is 0.0784. The van der Waals surface area contributed by atoms with Gasteiger partial charge in [-0.15, -0.1) is 0 Å². The van der Waals surface area contributed by atoms with Gasteiger partial charge in [0.25, 0.3) is 0 Å². The van der Waals surface area contributed by atoms with Crippen LogP contribution in [0.25, 0.3) is 0 Å². The van der Waals surface area contributed by atoms with Crippen LogP contribution in [-0.4, -0.2) is 15.3 Å². The lowest BCUT2D eigenvalue weighted by Crippen LogP contribution is -2.15. The lowest BCUT2D eigenvalue weighted by molar-refractivity contribution is 0.408. The van der Waals surface area contributed by atoms with Crippen molar-refractivity contribution in [3.8, 4) is 28.7 Å². The second-order valence-electron chi connectivity index (χ2n) is 9.04. The van der Waals surface area contributed by atoms with Crippen LogP contribution < -0.4 is 9.64 Å². The number of aryl methyl sites for hydroxylation is 3. The lowest BCUT2D eigenvalue weighted by atomic mass is 10.0. The summed E-state index contributed by atoms with van der Waals surface area (Å²) in [5, 5.41) is 31.6. The summed E-state index contributed by atoms with van der Waals surface area (Å²) >= 11 is 0. The average Bonchev–Trinajstić information content (AvgIpc) is 2.83. The van der Waals surface area contributed by atoms with Gasteiger partial charge in [0.05, 0.1) is 11.4 Å². The van der Waals surface area contributed by atoms with Gasteiger partial charge in [-0.1, -0.05) is 24.3 Å². The highest BCUT2D eigenvalue weighted by Gasteiger charge is 2.23. The first kappa shape index (κ1) is 24.0. The largest absolute Gasteiger partial charge is 0.508 e. The molecule has 0 unspecified atom stereocenters. The van der Waals surface area contributed by atoms with Gasteiger partial charge in [0, 0.05) is 22.9 Å². The third-order valence-corrected chi connectivity index (χ3v) is 6.61. The first-order chi connectivity index (χ1) is 16.6. The van der Waals surface area contributed by atoms with E-state index in [9.17, 15) is 15.3 Å². The molecule has 0 aliphatic rings. The fraction of sp³-hybridized carbons (Fsp3) is 0.200.